The van der Waals surface area contributed by atoms with Crippen LogP contribution >= 0.6 is 11.6 Å². The Morgan fingerprint density at radius 2 is 2.05 bits per heavy atom. The second-order valence-electron chi connectivity index (χ2n) is 9.44. The Balaban J connectivity index is 1.61. The minimum Gasteiger partial charge on any atom is -0.497 e. The van der Waals surface area contributed by atoms with E-state index in [0.29, 0.717) is 59.8 Å². The number of piperidine rings is 1. The number of rotatable bonds is 13. The van der Waals surface area contributed by atoms with Crippen LogP contribution in [0.1, 0.15) is 59.3 Å². The second kappa shape index (κ2) is 15.6. The van der Waals surface area contributed by atoms with Crippen LogP contribution in [-0.2, 0) is 19.0 Å². The molecular formula is C30H41ClN2O5. The van der Waals surface area contributed by atoms with E-state index in [9.17, 15) is 4.79 Å². The van der Waals surface area contributed by atoms with Crippen molar-refractivity contribution in [2.75, 3.05) is 40.0 Å². The molecule has 38 heavy (non-hydrogen) atoms. The van der Waals surface area contributed by atoms with Crippen LogP contribution in [0.25, 0.3) is 12.2 Å². The molecule has 1 aromatic rings. The standard InChI is InChI=1S/C30H41ClN2O5/c1-5-8-24(19-22(3)31)38-27-12-15-32-26-20-29(28(35-4)11-10-25(26)27)37-18-7-9-30(34)33-16-13-23(14-17-33)21-36-6-2/h8,10,12,15,19-20,23H,5-7,9,11,13-14,16-18,21H2,1-4H3/b22-19+,24-8+. The number of allylic oxidation sites excluding steroid dienone is 5. The summed E-state index contributed by atoms with van der Waals surface area (Å²) >= 11 is 6.09. The highest BCUT2D eigenvalue weighted by atomic mass is 35.5. The van der Waals surface area contributed by atoms with Gasteiger partial charge in [0, 0.05) is 61.7 Å². The summed E-state index contributed by atoms with van der Waals surface area (Å²) in [5, 5.41) is 2.24. The first-order valence-electron chi connectivity index (χ1n) is 13.6. The minimum atomic E-state index is 0.188. The van der Waals surface area contributed by atoms with Crippen molar-refractivity contribution in [2.24, 2.45) is 5.92 Å². The van der Waals surface area contributed by atoms with E-state index in [-0.39, 0.29) is 5.91 Å². The number of amides is 1. The largest absolute Gasteiger partial charge is 0.497 e. The van der Waals surface area contributed by atoms with Gasteiger partial charge in [-0.3, -0.25) is 9.78 Å². The zero-order valence-electron chi connectivity index (χ0n) is 23.1. The maximum Gasteiger partial charge on any atom is 0.222 e. The first-order chi connectivity index (χ1) is 18.4. The van der Waals surface area contributed by atoms with E-state index in [4.69, 9.17) is 30.5 Å². The summed E-state index contributed by atoms with van der Waals surface area (Å²) in [5.74, 6) is 3.45. The third kappa shape index (κ3) is 8.91. The van der Waals surface area contributed by atoms with E-state index >= 15 is 0 Å². The molecule has 2 heterocycles. The number of halogens is 1. The molecule has 1 aliphatic heterocycles. The van der Waals surface area contributed by atoms with Crippen molar-refractivity contribution in [3.05, 3.63) is 57.3 Å². The molecule has 2 aliphatic rings. The Kier molecular flexibility index (Phi) is 12.2. The van der Waals surface area contributed by atoms with Crippen molar-refractivity contribution in [3.63, 3.8) is 0 Å². The average Bonchev–Trinajstić information content (AvgIpc) is 3.09. The molecule has 0 saturated carbocycles. The monoisotopic (exact) mass is 544 g/mol. The van der Waals surface area contributed by atoms with Crippen molar-refractivity contribution in [3.8, 4) is 5.75 Å². The molecule has 0 aromatic carbocycles. The summed E-state index contributed by atoms with van der Waals surface area (Å²) in [5.41, 5.74) is 0. The number of likely N-dealkylation sites (tertiary alicyclic amines) is 1. The first kappa shape index (κ1) is 29.8. The van der Waals surface area contributed by atoms with E-state index in [2.05, 4.69) is 4.98 Å². The van der Waals surface area contributed by atoms with Crippen LogP contribution in [0, 0.1) is 5.92 Å². The lowest BCUT2D eigenvalue weighted by Crippen LogP contribution is -2.39. The molecule has 0 radical (unpaired) electrons. The van der Waals surface area contributed by atoms with Crippen LogP contribution in [-0.4, -0.2) is 55.8 Å². The zero-order valence-corrected chi connectivity index (χ0v) is 23.9. The molecule has 3 rings (SSSR count). The molecule has 1 fully saturated rings. The number of hydrogen-bond donors (Lipinski definition) is 0. The summed E-state index contributed by atoms with van der Waals surface area (Å²) in [6.45, 7) is 9.45. The van der Waals surface area contributed by atoms with Crippen LogP contribution in [0.5, 0.6) is 5.75 Å². The highest BCUT2D eigenvalue weighted by Crippen LogP contribution is 2.20. The van der Waals surface area contributed by atoms with E-state index in [1.54, 1.807) is 19.4 Å². The van der Waals surface area contributed by atoms with Crippen molar-refractivity contribution in [1.82, 2.24) is 9.88 Å². The number of carbonyl (C=O) groups excluding carboxylic acids is 1. The second-order valence-corrected chi connectivity index (χ2v) is 10.0. The SMILES string of the molecule is CC/C=C(\C=C(/C)Cl)Oc1ccnc2c1=CCC(OC)=C(OCCCC(=O)N1CCC(COCC)CC1)C=2. The Morgan fingerprint density at radius 1 is 1.26 bits per heavy atom. The molecule has 0 spiro atoms. The van der Waals surface area contributed by atoms with Gasteiger partial charge in [0.05, 0.1) is 19.1 Å². The van der Waals surface area contributed by atoms with Gasteiger partial charge < -0.3 is 23.8 Å². The van der Waals surface area contributed by atoms with Crippen LogP contribution in [0.4, 0.5) is 0 Å². The number of aromatic nitrogens is 1. The molecular weight excluding hydrogens is 504 g/mol. The highest BCUT2D eigenvalue weighted by Gasteiger charge is 2.22. The predicted molar refractivity (Wildman–Crippen MR) is 151 cm³/mol. The van der Waals surface area contributed by atoms with Crippen LogP contribution in [0.3, 0.4) is 0 Å². The van der Waals surface area contributed by atoms with Gasteiger partial charge in [0.2, 0.25) is 5.91 Å². The van der Waals surface area contributed by atoms with Gasteiger partial charge in [-0.1, -0.05) is 24.6 Å². The van der Waals surface area contributed by atoms with Crippen molar-refractivity contribution >= 4 is 29.7 Å². The zero-order chi connectivity index (χ0) is 27.3. The summed E-state index contributed by atoms with van der Waals surface area (Å²) in [6.07, 6.45) is 13.9. The molecule has 1 aromatic heterocycles. The van der Waals surface area contributed by atoms with Crippen LogP contribution < -0.4 is 15.3 Å². The van der Waals surface area contributed by atoms with E-state index in [1.165, 1.54) is 0 Å². The maximum absolute atomic E-state index is 12.7. The third-order valence-corrected chi connectivity index (χ3v) is 6.66. The molecule has 1 amide bonds. The minimum absolute atomic E-state index is 0.188. The lowest BCUT2D eigenvalue weighted by molar-refractivity contribution is -0.133. The fourth-order valence-electron chi connectivity index (χ4n) is 4.54. The quantitative estimate of drug-likeness (QED) is 0.202. The van der Waals surface area contributed by atoms with E-state index < -0.39 is 0 Å². The molecule has 0 unspecified atom stereocenters. The lowest BCUT2D eigenvalue weighted by atomic mass is 9.97. The Hall–Kier alpha value is -2.77. The topological polar surface area (TPSA) is 70.1 Å². The number of nitrogens with zero attached hydrogens (tertiary/aromatic N) is 2. The maximum atomic E-state index is 12.7. The van der Waals surface area contributed by atoms with Crippen molar-refractivity contribution in [2.45, 2.75) is 59.3 Å². The van der Waals surface area contributed by atoms with Gasteiger partial charge in [-0.05, 0) is 63.7 Å². The molecule has 7 nitrogen and oxygen atoms in total. The molecule has 0 atom stereocenters. The first-order valence-corrected chi connectivity index (χ1v) is 14.0. The number of carbonyl (C=O) groups is 1. The number of ether oxygens (including phenoxy) is 4. The van der Waals surface area contributed by atoms with Gasteiger partial charge in [-0.15, -0.1) is 0 Å². The fourth-order valence-corrected chi connectivity index (χ4v) is 4.65. The molecule has 1 aliphatic carbocycles. The highest BCUT2D eigenvalue weighted by molar-refractivity contribution is 6.29. The number of fused-ring (bicyclic) bond motifs is 1. The van der Waals surface area contributed by atoms with E-state index in [0.717, 1.165) is 56.1 Å². The Labute approximate surface area is 231 Å². The summed E-state index contributed by atoms with van der Waals surface area (Å²) in [4.78, 5) is 19.2. The van der Waals surface area contributed by atoms with E-state index in [1.807, 2.05) is 50.0 Å². The van der Waals surface area contributed by atoms with Crippen LogP contribution in [0.2, 0.25) is 0 Å². The molecule has 8 heteroatoms. The smallest absolute Gasteiger partial charge is 0.222 e. The number of hydrogen-bond acceptors (Lipinski definition) is 6. The van der Waals surface area contributed by atoms with Gasteiger partial charge in [-0.2, -0.15) is 0 Å². The lowest BCUT2D eigenvalue weighted by Gasteiger charge is -2.32. The number of pyridine rings is 1. The summed E-state index contributed by atoms with van der Waals surface area (Å²) in [7, 11) is 1.63. The molecule has 1 saturated heterocycles. The van der Waals surface area contributed by atoms with Crippen molar-refractivity contribution < 1.29 is 23.7 Å². The van der Waals surface area contributed by atoms with Gasteiger partial charge in [0.1, 0.15) is 17.3 Å². The molecule has 0 N–H and O–H groups in total. The average molecular weight is 545 g/mol. The molecule has 208 valence electrons. The van der Waals surface area contributed by atoms with Gasteiger partial charge in [0.15, 0.2) is 5.76 Å². The third-order valence-electron chi connectivity index (χ3n) is 6.55. The summed E-state index contributed by atoms with van der Waals surface area (Å²) in [6, 6.07) is 1.84. The molecule has 0 bridgehead atoms. The van der Waals surface area contributed by atoms with Crippen LogP contribution in [0.15, 0.2) is 46.7 Å². The fraction of sp³-hybridized carbons (Fsp3) is 0.533. The Morgan fingerprint density at radius 3 is 2.74 bits per heavy atom. The van der Waals surface area contributed by atoms with Crippen molar-refractivity contribution in [1.29, 1.82) is 0 Å². The Bertz CT molecular complexity index is 1150. The normalized spacial score (nSPS) is 16.8. The van der Waals surface area contributed by atoms with Gasteiger partial charge in [-0.25, -0.2) is 0 Å². The number of methoxy groups -OCH3 is 1. The summed E-state index contributed by atoms with van der Waals surface area (Å²) < 4.78 is 23.5. The van der Waals surface area contributed by atoms with Gasteiger partial charge >= 0.3 is 0 Å². The predicted octanol–water partition coefficient (Wildman–Crippen LogP) is 4.79. The van der Waals surface area contributed by atoms with Gasteiger partial charge in [0.25, 0.3) is 0 Å².